The minimum atomic E-state index is -4.43. The lowest BCUT2D eigenvalue weighted by Crippen LogP contribution is -2.61. The van der Waals surface area contributed by atoms with Crippen LogP contribution in [0.15, 0.2) is 0 Å². The average molecular weight is 347 g/mol. The van der Waals surface area contributed by atoms with Gasteiger partial charge in [0.1, 0.15) is 11.7 Å². The van der Waals surface area contributed by atoms with Gasteiger partial charge in [0.15, 0.2) is 0 Å². The van der Waals surface area contributed by atoms with Crippen molar-refractivity contribution in [3.8, 4) is 0 Å². The summed E-state index contributed by atoms with van der Waals surface area (Å²) in [5, 5.41) is 2.34. The van der Waals surface area contributed by atoms with Crippen molar-refractivity contribution in [1.82, 2.24) is 5.32 Å². The van der Waals surface area contributed by atoms with Crippen LogP contribution in [0.2, 0.25) is 0 Å². The van der Waals surface area contributed by atoms with Gasteiger partial charge >= 0.3 is 6.18 Å². The Morgan fingerprint density at radius 3 is 2.12 bits per heavy atom. The fourth-order valence-electron chi connectivity index (χ4n) is 6.47. The van der Waals surface area contributed by atoms with E-state index in [1.54, 1.807) is 0 Å². The van der Waals surface area contributed by atoms with Gasteiger partial charge in [0, 0.05) is 0 Å². The molecule has 5 aliphatic rings. The highest BCUT2D eigenvalue weighted by Gasteiger charge is 2.62. The summed E-state index contributed by atoms with van der Waals surface area (Å²) in [5.41, 5.74) is -2.23. The van der Waals surface area contributed by atoms with E-state index in [4.69, 9.17) is 0 Å². The van der Waals surface area contributed by atoms with E-state index in [0.717, 1.165) is 19.3 Å². The monoisotopic (exact) mass is 347 g/mol. The molecule has 0 aromatic heterocycles. The van der Waals surface area contributed by atoms with Crippen LogP contribution in [-0.2, 0) is 4.79 Å². The number of rotatable bonds is 3. The number of amides is 1. The lowest BCUT2D eigenvalue weighted by molar-refractivity contribution is -0.183. The maximum absolute atomic E-state index is 15.0. The predicted molar refractivity (Wildman–Crippen MR) is 80.9 cm³/mol. The highest BCUT2D eigenvalue weighted by molar-refractivity contribution is 5.83. The van der Waals surface area contributed by atoms with Crippen molar-refractivity contribution in [1.29, 1.82) is 0 Å². The van der Waals surface area contributed by atoms with Gasteiger partial charge in [0.2, 0.25) is 5.91 Å². The molecule has 136 valence electrons. The van der Waals surface area contributed by atoms with Crippen LogP contribution in [0.1, 0.15) is 64.2 Å². The van der Waals surface area contributed by atoms with Gasteiger partial charge in [0.05, 0.1) is 5.41 Å². The largest absolute Gasteiger partial charge is 0.408 e. The molecule has 5 fully saturated rings. The number of carbonyl (C=O) groups excluding carboxylic acids is 1. The second-order valence-corrected chi connectivity index (χ2v) is 8.93. The Morgan fingerprint density at radius 1 is 1.04 bits per heavy atom. The third-order valence-electron chi connectivity index (χ3n) is 6.98. The molecule has 0 heterocycles. The molecule has 0 radical (unpaired) electrons. The van der Waals surface area contributed by atoms with Gasteiger partial charge in [0.25, 0.3) is 0 Å². The Balaban J connectivity index is 1.54. The third kappa shape index (κ3) is 2.74. The molecule has 5 rings (SSSR count). The number of carbonyl (C=O) groups is 1. The van der Waals surface area contributed by atoms with Crippen LogP contribution in [0.4, 0.5) is 17.6 Å². The van der Waals surface area contributed by atoms with Crippen molar-refractivity contribution in [2.24, 2.45) is 23.2 Å². The number of alkyl halides is 4. The Bertz CT molecular complexity index is 512. The zero-order chi connectivity index (χ0) is 17.2. The zero-order valence-electron chi connectivity index (χ0n) is 13.8. The number of hydrogen-bond donors (Lipinski definition) is 1. The summed E-state index contributed by atoms with van der Waals surface area (Å²) in [7, 11) is 0. The van der Waals surface area contributed by atoms with Crippen LogP contribution in [-0.4, -0.2) is 23.8 Å². The molecular formula is C18H25F4NO. The lowest BCUT2D eigenvalue weighted by Gasteiger charge is -2.58. The molecule has 1 amide bonds. The van der Waals surface area contributed by atoms with E-state index in [0.29, 0.717) is 38.5 Å². The normalized spacial score (nSPS) is 43.2. The van der Waals surface area contributed by atoms with Crippen LogP contribution in [0.25, 0.3) is 0 Å². The molecule has 5 saturated carbocycles. The van der Waals surface area contributed by atoms with Gasteiger partial charge in [-0.3, -0.25) is 4.79 Å². The first kappa shape index (κ1) is 16.6. The van der Waals surface area contributed by atoms with E-state index in [-0.39, 0.29) is 18.3 Å². The molecule has 5 aliphatic carbocycles. The van der Waals surface area contributed by atoms with Gasteiger partial charge in [-0.15, -0.1) is 0 Å². The second-order valence-electron chi connectivity index (χ2n) is 8.93. The molecule has 2 nitrogen and oxygen atoms in total. The van der Waals surface area contributed by atoms with Crippen LogP contribution >= 0.6 is 0 Å². The van der Waals surface area contributed by atoms with E-state index in [2.05, 4.69) is 5.32 Å². The van der Waals surface area contributed by atoms with Crippen LogP contribution in [0, 0.1) is 23.2 Å². The maximum Gasteiger partial charge on any atom is 0.408 e. The molecule has 3 atom stereocenters. The second kappa shape index (κ2) is 5.34. The van der Waals surface area contributed by atoms with E-state index in [1.807, 2.05) is 0 Å². The number of halogens is 4. The van der Waals surface area contributed by atoms with Crippen molar-refractivity contribution in [3.05, 3.63) is 0 Å². The highest BCUT2D eigenvalue weighted by atomic mass is 19.4. The molecule has 0 aromatic carbocycles. The van der Waals surface area contributed by atoms with Crippen molar-refractivity contribution in [3.63, 3.8) is 0 Å². The van der Waals surface area contributed by atoms with Crippen LogP contribution in [0.3, 0.4) is 0 Å². The molecule has 0 saturated heterocycles. The molecule has 1 N–H and O–H groups in total. The standard InChI is InChI=1S/C18H25F4NO/c19-17-8-11-5-12(9-17)7-16(6-11,10-17)15(24)23-14(18(20,21)22)13-3-1-2-4-13/h11-14H,1-10H2,(H,23,24). The lowest BCUT2D eigenvalue weighted by atomic mass is 9.48. The molecule has 4 bridgehead atoms. The van der Waals surface area contributed by atoms with Crippen molar-refractivity contribution in [2.45, 2.75) is 82.1 Å². The van der Waals surface area contributed by atoms with Crippen molar-refractivity contribution >= 4 is 5.91 Å². The maximum atomic E-state index is 15.0. The Kier molecular flexibility index (Phi) is 3.70. The van der Waals surface area contributed by atoms with E-state index in [1.165, 1.54) is 0 Å². The predicted octanol–water partition coefficient (Wildman–Crippen LogP) is 4.53. The first-order valence-electron chi connectivity index (χ1n) is 9.26. The molecule has 0 aromatic rings. The van der Waals surface area contributed by atoms with Gasteiger partial charge in [-0.1, -0.05) is 12.8 Å². The SMILES string of the molecule is O=C(NC(C1CCCC1)C(F)(F)F)C12CC3CC(CC(F)(C3)C1)C2. The van der Waals surface area contributed by atoms with Gasteiger partial charge in [-0.05, 0) is 69.1 Å². The quantitative estimate of drug-likeness (QED) is 0.747. The minimum Gasteiger partial charge on any atom is -0.344 e. The van der Waals surface area contributed by atoms with Crippen LogP contribution < -0.4 is 5.32 Å². The van der Waals surface area contributed by atoms with Gasteiger partial charge in [-0.2, -0.15) is 13.2 Å². The Hall–Kier alpha value is -0.810. The molecule has 3 unspecified atom stereocenters. The first-order chi connectivity index (χ1) is 11.2. The minimum absolute atomic E-state index is 0.119. The zero-order valence-corrected chi connectivity index (χ0v) is 13.8. The molecular weight excluding hydrogens is 322 g/mol. The molecule has 0 spiro atoms. The summed E-state index contributed by atoms with van der Waals surface area (Å²) in [6, 6.07) is -1.77. The summed E-state index contributed by atoms with van der Waals surface area (Å²) in [5.74, 6) is -0.731. The molecule has 6 heteroatoms. The van der Waals surface area contributed by atoms with Crippen LogP contribution in [0.5, 0.6) is 0 Å². The van der Waals surface area contributed by atoms with E-state index in [9.17, 15) is 22.4 Å². The summed E-state index contributed by atoms with van der Waals surface area (Å²) >= 11 is 0. The van der Waals surface area contributed by atoms with Crippen molar-refractivity contribution < 1.29 is 22.4 Å². The topological polar surface area (TPSA) is 29.1 Å². The summed E-state index contributed by atoms with van der Waals surface area (Å²) < 4.78 is 55.4. The average Bonchev–Trinajstić information content (AvgIpc) is 2.93. The first-order valence-corrected chi connectivity index (χ1v) is 9.26. The number of nitrogens with one attached hydrogen (secondary N) is 1. The van der Waals surface area contributed by atoms with Crippen molar-refractivity contribution in [2.75, 3.05) is 0 Å². The molecule has 24 heavy (non-hydrogen) atoms. The summed E-state index contributed by atoms with van der Waals surface area (Å²) in [6.07, 6.45) is 1.33. The fourth-order valence-corrected chi connectivity index (χ4v) is 6.47. The third-order valence-corrected chi connectivity index (χ3v) is 6.98. The summed E-state index contributed by atoms with van der Waals surface area (Å²) in [4.78, 5) is 12.9. The smallest absolute Gasteiger partial charge is 0.344 e. The van der Waals surface area contributed by atoms with Gasteiger partial charge in [-0.25, -0.2) is 4.39 Å². The molecule has 0 aliphatic heterocycles. The van der Waals surface area contributed by atoms with Gasteiger partial charge < -0.3 is 5.32 Å². The Labute approximate surface area is 139 Å². The van der Waals surface area contributed by atoms with E-state index >= 15 is 0 Å². The Morgan fingerprint density at radius 2 is 1.62 bits per heavy atom. The fraction of sp³-hybridized carbons (Fsp3) is 0.944. The highest BCUT2D eigenvalue weighted by Crippen LogP contribution is 2.63. The summed E-state index contributed by atoms with van der Waals surface area (Å²) in [6.45, 7) is 0. The van der Waals surface area contributed by atoms with E-state index < -0.39 is 35.1 Å². The number of hydrogen-bond acceptors (Lipinski definition) is 1.